The minimum Gasteiger partial charge on any atom is -0.477 e. The van der Waals surface area contributed by atoms with Crippen molar-refractivity contribution < 1.29 is 9.90 Å². The molecule has 0 aromatic carbocycles. The van der Waals surface area contributed by atoms with E-state index in [1.54, 1.807) is 6.07 Å². The number of rotatable bonds is 1. The number of hydrogen-bond acceptors (Lipinski definition) is 3. The molecule has 0 fully saturated rings. The van der Waals surface area contributed by atoms with Crippen molar-refractivity contribution >= 4 is 29.9 Å². The van der Waals surface area contributed by atoms with Crippen LogP contribution in [0.15, 0.2) is 16.3 Å². The molecule has 0 unspecified atom stereocenters. The van der Waals surface area contributed by atoms with Crippen LogP contribution >= 0.6 is 24.0 Å². The second-order valence-electron chi connectivity index (χ2n) is 1.44. The SMILES string of the molecule is O=C(O)c1ccc(S)s1. The zero-order valence-corrected chi connectivity index (χ0v) is 6.08. The molecule has 0 atom stereocenters. The van der Waals surface area contributed by atoms with Crippen molar-refractivity contribution in [2.24, 2.45) is 0 Å². The Morgan fingerprint density at radius 1 is 1.67 bits per heavy atom. The second-order valence-corrected chi connectivity index (χ2v) is 3.31. The highest BCUT2D eigenvalue weighted by Gasteiger charge is 2.03. The molecular formula is C5H4O2S2. The standard InChI is InChI=1S/C5H4O2S2/c6-5(7)3-1-2-4(8)9-3/h1-2,8H,(H,6,7). The lowest BCUT2D eigenvalue weighted by Gasteiger charge is -1.79. The lowest BCUT2D eigenvalue weighted by atomic mass is 10.5. The van der Waals surface area contributed by atoms with Gasteiger partial charge in [0.2, 0.25) is 0 Å². The molecule has 0 radical (unpaired) electrons. The fourth-order valence-electron chi connectivity index (χ4n) is 0.443. The minimum atomic E-state index is -0.889. The van der Waals surface area contributed by atoms with Gasteiger partial charge in [0, 0.05) is 0 Å². The van der Waals surface area contributed by atoms with Crippen molar-refractivity contribution in [1.29, 1.82) is 0 Å². The smallest absolute Gasteiger partial charge is 0.345 e. The number of carbonyl (C=O) groups is 1. The summed E-state index contributed by atoms with van der Waals surface area (Å²) in [4.78, 5) is 10.5. The van der Waals surface area contributed by atoms with Gasteiger partial charge in [-0.25, -0.2) is 4.79 Å². The van der Waals surface area contributed by atoms with Gasteiger partial charge in [0.05, 0.1) is 4.21 Å². The van der Waals surface area contributed by atoms with E-state index in [0.717, 1.165) is 15.5 Å². The third kappa shape index (κ3) is 1.46. The lowest BCUT2D eigenvalue weighted by molar-refractivity contribution is 0.0702. The van der Waals surface area contributed by atoms with Crippen LogP contribution in [0.1, 0.15) is 9.67 Å². The number of carboxylic acid groups (broad SMARTS) is 1. The van der Waals surface area contributed by atoms with E-state index in [0.29, 0.717) is 4.88 Å². The fraction of sp³-hybridized carbons (Fsp3) is 0. The van der Waals surface area contributed by atoms with Gasteiger partial charge in [0.15, 0.2) is 0 Å². The van der Waals surface area contributed by atoms with Gasteiger partial charge in [-0.05, 0) is 12.1 Å². The predicted molar refractivity (Wildman–Crippen MR) is 38.5 cm³/mol. The number of hydrogen-bond donors (Lipinski definition) is 2. The van der Waals surface area contributed by atoms with Crippen molar-refractivity contribution in [2.45, 2.75) is 4.21 Å². The molecule has 1 rings (SSSR count). The molecule has 0 bridgehead atoms. The van der Waals surface area contributed by atoms with E-state index in [4.69, 9.17) is 5.11 Å². The van der Waals surface area contributed by atoms with Crippen LogP contribution in [0.4, 0.5) is 0 Å². The van der Waals surface area contributed by atoms with Gasteiger partial charge >= 0.3 is 5.97 Å². The summed E-state index contributed by atoms with van der Waals surface area (Å²) in [5, 5.41) is 8.37. The topological polar surface area (TPSA) is 37.3 Å². The van der Waals surface area contributed by atoms with Gasteiger partial charge < -0.3 is 5.11 Å². The summed E-state index contributed by atoms with van der Waals surface area (Å²) in [7, 11) is 0. The zero-order chi connectivity index (χ0) is 6.85. The first-order chi connectivity index (χ1) is 4.20. The molecule has 48 valence electrons. The van der Waals surface area contributed by atoms with Crippen LogP contribution in [-0.4, -0.2) is 11.1 Å². The largest absolute Gasteiger partial charge is 0.477 e. The predicted octanol–water partition coefficient (Wildman–Crippen LogP) is 1.73. The van der Waals surface area contributed by atoms with Crippen molar-refractivity contribution in [3.63, 3.8) is 0 Å². The van der Waals surface area contributed by atoms with Crippen LogP contribution < -0.4 is 0 Å². The molecule has 4 heteroatoms. The third-order valence-corrected chi connectivity index (χ3v) is 2.10. The molecular weight excluding hydrogens is 156 g/mol. The van der Waals surface area contributed by atoms with Crippen LogP contribution in [0.2, 0.25) is 0 Å². The molecule has 9 heavy (non-hydrogen) atoms. The molecule has 1 heterocycles. The Kier molecular flexibility index (Phi) is 1.78. The maximum Gasteiger partial charge on any atom is 0.345 e. The van der Waals surface area contributed by atoms with Crippen LogP contribution in [0.5, 0.6) is 0 Å². The lowest BCUT2D eigenvalue weighted by Crippen LogP contribution is -1.89. The summed E-state index contributed by atoms with van der Waals surface area (Å²) in [5.74, 6) is -0.889. The Morgan fingerprint density at radius 2 is 2.33 bits per heavy atom. The molecule has 0 aliphatic carbocycles. The number of thiol groups is 1. The number of aromatic carboxylic acids is 1. The van der Waals surface area contributed by atoms with Crippen molar-refractivity contribution in [2.75, 3.05) is 0 Å². The van der Waals surface area contributed by atoms with Crippen LogP contribution in [0.25, 0.3) is 0 Å². The second kappa shape index (κ2) is 2.41. The quantitative estimate of drug-likeness (QED) is 0.614. The minimum absolute atomic E-state index is 0.333. The molecule has 1 aromatic rings. The first-order valence-corrected chi connectivity index (χ1v) is 3.48. The summed E-state index contributed by atoms with van der Waals surface area (Å²) >= 11 is 5.12. The van der Waals surface area contributed by atoms with E-state index in [-0.39, 0.29) is 0 Å². The highest BCUT2D eigenvalue weighted by Crippen LogP contribution is 2.18. The summed E-state index contributed by atoms with van der Waals surface area (Å²) in [6.45, 7) is 0. The first kappa shape index (κ1) is 6.64. The van der Waals surface area contributed by atoms with E-state index < -0.39 is 5.97 Å². The van der Waals surface area contributed by atoms with Crippen LogP contribution in [-0.2, 0) is 0 Å². The molecule has 1 N–H and O–H groups in total. The van der Waals surface area contributed by atoms with Gasteiger partial charge in [0.25, 0.3) is 0 Å². The normalized spacial score (nSPS) is 9.44. The fourth-order valence-corrected chi connectivity index (χ4v) is 1.40. The molecule has 0 aliphatic rings. The van der Waals surface area contributed by atoms with E-state index in [1.165, 1.54) is 6.07 Å². The summed E-state index contributed by atoms with van der Waals surface area (Å²) in [6, 6.07) is 3.20. The van der Waals surface area contributed by atoms with Gasteiger partial charge in [-0.3, -0.25) is 0 Å². The van der Waals surface area contributed by atoms with Crippen molar-refractivity contribution in [1.82, 2.24) is 0 Å². The van der Waals surface area contributed by atoms with Crippen molar-refractivity contribution in [3.8, 4) is 0 Å². The Bertz CT molecular complexity index is 229. The van der Waals surface area contributed by atoms with Gasteiger partial charge in [-0.15, -0.1) is 24.0 Å². The summed E-state index contributed by atoms with van der Waals surface area (Å²) in [6.07, 6.45) is 0. The number of thiophene rings is 1. The molecule has 2 nitrogen and oxygen atoms in total. The summed E-state index contributed by atoms with van der Waals surface area (Å²) in [5.41, 5.74) is 0. The zero-order valence-electron chi connectivity index (χ0n) is 4.37. The van der Waals surface area contributed by atoms with Gasteiger partial charge in [-0.1, -0.05) is 0 Å². The third-order valence-electron chi connectivity index (χ3n) is 0.803. The monoisotopic (exact) mass is 160 g/mol. The Hall–Kier alpha value is -0.480. The van der Waals surface area contributed by atoms with E-state index in [1.807, 2.05) is 0 Å². The molecule has 0 saturated heterocycles. The first-order valence-electron chi connectivity index (χ1n) is 2.22. The van der Waals surface area contributed by atoms with E-state index in [9.17, 15) is 4.79 Å². The molecule has 0 spiro atoms. The van der Waals surface area contributed by atoms with E-state index in [2.05, 4.69) is 12.6 Å². The van der Waals surface area contributed by atoms with Crippen LogP contribution in [0, 0.1) is 0 Å². The Balaban J connectivity index is 2.98. The maximum absolute atomic E-state index is 10.2. The molecule has 1 aromatic heterocycles. The average Bonchev–Trinajstić information content (AvgIpc) is 2.14. The van der Waals surface area contributed by atoms with E-state index >= 15 is 0 Å². The van der Waals surface area contributed by atoms with Gasteiger partial charge in [-0.2, -0.15) is 0 Å². The average molecular weight is 160 g/mol. The number of carboxylic acids is 1. The molecule has 0 saturated carbocycles. The summed E-state index contributed by atoms with van der Waals surface area (Å²) < 4.78 is 0.729. The maximum atomic E-state index is 10.2. The molecule has 0 amide bonds. The highest BCUT2D eigenvalue weighted by atomic mass is 32.2. The highest BCUT2D eigenvalue weighted by molar-refractivity contribution is 7.82. The van der Waals surface area contributed by atoms with Crippen molar-refractivity contribution in [3.05, 3.63) is 17.0 Å². The van der Waals surface area contributed by atoms with Gasteiger partial charge in [0.1, 0.15) is 4.88 Å². The Morgan fingerprint density at radius 3 is 2.56 bits per heavy atom. The Labute approximate surface area is 61.5 Å². The van der Waals surface area contributed by atoms with Crippen LogP contribution in [0.3, 0.4) is 0 Å². The molecule has 0 aliphatic heterocycles.